The molecule has 1 aliphatic carbocycles. The molecule has 6 nitrogen and oxygen atoms in total. The summed E-state index contributed by atoms with van der Waals surface area (Å²) in [5.74, 6) is 0.465. The van der Waals surface area contributed by atoms with E-state index >= 15 is 0 Å². The zero-order chi connectivity index (χ0) is 19.8. The normalized spacial score (nSPS) is 16.3. The molecule has 2 N–H and O–H groups in total. The maximum absolute atomic E-state index is 14.4. The molecule has 1 aromatic heterocycles. The number of hydrogen-bond acceptors (Lipinski definition) is 3. The van der Waals surface area contributed by atoms with Crippen LogP contribution in [0.4, 0.5) is 4.39 Å². The molecule has 1 aromatic carbocycles. The number of methoxy groups -OCH3 is 1. The molecule has 1 fully saturated rings. The highest BCUT2D eigenvalue weighted by Gasteiger charge is 2.33. The van der Waals surface area contributed by atoms with Crippen molar-refractivity contribution >= 4 is 5.96 Å². The molecule has 0 atom stereocenters. The number of ether oxygens (including phenoxy) is 1. The molecule has 1 heterocycles. The number of imidazole rings is 1. The van der Waals surface area contributed by atoms with Crippen LogP contribution < -0.4 is 10.6 Å². The molecule has 7 heteroatoms. The van der Waals surface area contributed by atoms with E-state index in [1.807, 2.05) is 6.07 Å². The van der Waals surface area contributed by atoms with Gasteiger partial charge in [0.05, 0.1) is 12.0 Å². The van der Waals surface area contributed by atoms with Gasteiger partial charge in [-0.15, -0.1) is 0 Å². The van der Waals surface area contributed by atoms with Gasteiger partial charge in [0.1, 0.15) is 5.82 Å². The second kappa shape index (κ2) is 9.68. The van der Waals surface area contributed by atoms with Crippen LogP contribution in [0, 0.1) is 11.2 Å². The Bertz CT molecular complexity index is 769. The van der Waals surface area contributed by atoms with E-state index in [9.17, 15) is 4.39 Å². The summed E-state index contributed by atoms with van der Waals surface area (Å²) in [5, 5.41) is 6.74. The molecule has 0 amide bonds. The minimum absolute atomic E-state index is 0.273. The third-order valence-electron chi connectivity index (χ3n) is 5.61. The predicted molar refractivity (Wildman–Crippen MR) is 109 cm³/mol. The summed E-state index contributed by atoms with van der Waals surface area (Å²) < 4.78 is 21.4. The standard InChI is InChI=1S/C21H30FN5O/c1-23-20(26-15-21(9-12-28-2)7-3-4-8-21)25-14-17-5-6-19(18(22)13-17)27-11-10-24-16-27/h5-6,10-11,13,16H,3-4,7-9,12,14-15H2,1-2H3,(H2,23,25,26). The Balaban J connectivity index is 1.54. The molecule has 152 valence electrons. The Morgan fingerprint density at radius 1 is 1.32 bits per heavy atom. The molecule has 0 aliphatic heterocycles. The van der Waals surface area contributed by atoms with E-state index in [0.29, 0.717) is 12.2 Å². The van der Waals surface area contributed by atoms with Crippen molar-refractivity contribution in [3.8, 4) is 5.69 Å². The van der Waals surface area contributed by atoms with E-state index in [0.717, 1.165) is 31.1 Å². The zero-order valence-electron chi connectivity index (χ0n) is 16.7. The van der Waals surface area contributed by atoms with E-state index < -0.39 is 0 Å². The van der Waals surface area contributed by atoms with Gasteiger partial charge < -0.3 is 19.9 Å². The van der Waals surface area contributed by atoms with Gasteiger partial charge in [0.2, 0.25) is 0 Å². The molecule has 0 saturated heterocycles. The van der Waals surface area contributed by atoms with Crippen LogP contribution in [-0.4, -0.2) is 42.8 Å². The van der Waals surface area contributed by atoms with Crippen LogP contribution >= 0.6 is 0 Å². The summed E-state index contributed by atoms with van der Waals surface area (Å²) in [6.07, 6.45) is 11.0. The summed E-state index contributed by atoms with van der Waals surface area (Å²) in [5.41, 5.74) is 1.64. The quantitative estimate of drug-likeness (QED) is 0.539. The first-order valence-electron chi connectivity index (χ1n) is 9.86. The summed E-state index contributed by atoms with van der Waals surface area (Å²) in [6, 6.07) is 5.23. The van der Waals surface area contributed by atoms with Gasteiger partial charge in [-0.25, -0.2) is 9.37 Å². The van der Waals surface area contributed by atoms with Crippen molar-refractivity contribution in [2.45, 2.75) is 38.6 Å². The van der Waals surface area contributed by atoms with Crippen LogP contribution in [0.3, 0.4) is 0 Å². The topological polar surface area (TPSA) is 63.5 Å². The van der Waals surface area contributed by atoms with Gasteiger partial charge in [-0.3, -0.25) is 4.99 Å². The van der Waals surface area contributed by atoms with Crippen molar-refractivity contribution in [3.63, 3.8) is 0 Å². The Labute approximate surface area is 166 Å². The largest absolute Gasteiger partial charge is 0.385 e. The van der Waals surface area contributed by atoms with Gasteiger partial charge in [-0.2, -0.15) is 0 Å². The number of nitrogens with one attached hydrogen (secondary N) is 2. The number of halogens is 1. The average Bonchev–Trinajstić information content (AvgIpc) is 3.39. The Hall–Kier alpha value is -2.41. The molecule has 0 spiro atoms. The monoisotopic (exact) mass is 387 g/mol. The second-order valence-electron chi connectivity index (χ2n) is 7.48. The summed E-state index contributed by atoms with van der Waals surface area (Å²) >= 11 is 0. The summed E-state index contributed by atoms with van der Waals surface area (Å²) in [4.78, 5) is 8.28. The van der Waals surface area contributed by atoms with E-state index in [4.69, 9.17) is 4.74 Å². The van der Waals surface area contributed by atoms with Crippen LogP contribution in [0.2, 0.25) is 0 Å². The summed E-state index contributed by atoms with van der Waals surface area (Å²) in [7, 11) is 3.52. The van der Waals surface area contributed by atoms with E-state index in [1.165, 1.54) is 25.7 Å². The Morgan fingerprint density at radius 2 is 2.14 bits per heavy atom. The van der Waals surface area contributed by atoms with Gasteiger partial charge >= 0.3 is 0 Å². The number of nitrogens with zero attached hydrogens (tertiary/aromatic N) is 3. The molecular formula is C21H30FN5O. The molecule has 28 heavy (non-hydrogen) atoms. The number of rotatable bonds is 8. The van der Waals surface area contributed by atoms with E-state index in [2.05, 4.69) is 20.6 Å². The lowest BCUT2D eigenvalue weighted by Crippen LogP contribution is -2.43. The second-order valence-corrected chi connectivity index (χ2v) is 7.48. The van der Waals surface area contributed by atoms with Crippen molar-refractivity contribution in [1.82, 2.24) is 20.2 Å². The highest BCUT2D eigenvalue weighted by molar-refractivity contribution is 5.79. The number of hydrogen-bond donors (Lipinski definition) is 2. The Morgan fingerprint density at radius 3 is 2.79 bits per heavy atom. The average molecular weight is 388 g/mol. The molecule has 3 rings (SSSR count). The number of guanidine groups is 1. The van der Waals surface area contributed by atoms with Gasteiger partial charge in [-0.1, -0.05) is 18.9 Å². The van der Waals surface area contributed by atoms with Gasteiger partial charge in [0.25, 0.3) is 0 Å². The lowest BCUT2D eigenvalue weighted by atomic mass is 9.83. The number of aliphatic imine (C=N–C) groups is 1. The Kier molecular flexibility index (Phi) is 7.03. The SMILES string of the molecule is CN=C(NCc1ccc(-n2ccnc2)c(F)c1)NCC1(CCOC)CCCC1. The van der Waals surface area contributed by atoms with E-state index in [-0.39, 0.29) is 11.2 Å². The number of benzene rings is 1. The van der Waals surface area contributed by atoms with Crippen LogP contribution in [0.25, 0.3) is 5.69 Å². The van der Waals surface area contributed by atoms with Crippen LogP contribution in [0.5, 0.6) is 0 Å². The minimum atomic E-state index is -0.273. The third kappa shape index (κ3) is 5.10. The van der Waals surface area contributed by atoms with Crippen LogP contribution in [0.1, 0.15) is 37.7 Å². The molecular weight excluding hydrogens is 357 g/mol. The smallest absolute Gasteiger partial charge is 0.191 e. The van der Waals surface area contributed by atoms with Gasteiger partial charge in [-0.05, 0) is 42.4 Å². The highest BCUT2D eigenvalue weighted by Crippen LogP contribution is 2.40. The van der Waals surface area contributed by atoms with Crippen molar-refractivity contribution < 1.29 is 9.13 Å². The number of aromatic nitrogens is 2. The molecule has 2 aromatic rings. The molecule has 0 bridgehead atoms. The molecule has 1 aliphatic rings. The van der Waals surface area contributed by atoms with Crippen molar-refractivity contribution in [3.05, 3.63) is 48.3 Å². The van der Waals surface area contributed by atoms with E-state index in [1.54, 1.807) is 49.6 Å². The first kappa shape index (κ1) is 20.3. The van der Waals surface area contributed by atoms with Crippen molar-refractivity contribution in [2.75, 3.05) is 27.3 Å². The zero-order valence-corrected chi connectivity index (χ0v) is 16.7. The van der Waals surface area contributed by atoms with Gasteiger partial charge in [0.15, 0.2) is 5.96 Å². The maximum Gasteiger partial charge on any atom is 0.191 e. The fraction of sp³-hybridized carbons (Fsp3) is 0.524. The van der Waals surface area contributed by atoms with Crippen molar-refractivity contribution in [2.24, 2.45) is 10.4 Å². The fourth-order valence-electron chi connectivity index (χ4n) is 3.91. The molecule has 0 radical (unpaired) electrons. The molecule has 0 unspecified atom stereocenters. The minimum Gasteiger partial charge on any atom is -0.385 e. The highest BCUT2D eigenvalue weighted by atomic mass is 19.1. The lowest BCUT2D eigenvalue weighted by Gasteiger charge is -2.30. The third-order valence-corrected chi connectivity index (χ3v) is 5.61. The molecule has 1 saturated carbocycles. The lowest BCUT2D eigenvalue weighted by molar-refractivity contribution is 0.138. The fourth-order valence-corrected chi connectivity index (χ4v) is 3.91. The predicted octanol–water partition coefficient (Wildman–Crippen LogP) is 3.27. The van der Waals surface area contributed by atoms with Crippen molar-refractivity contribution in [1.29, 1.82) is 0 Å². The first-order chi connectivity index (χ1) is 13.7. The summed E-state index contributed by atoms with van der Waals surface area (Å²) in [6.45, 7) is 2.17. The maximum atomic E-state index is 14.4. The first-order valence-corrected chi connectivity index (χ1v) is 9.86. The van der Waals surface area contributed by atoms with Crippen LogP contribution in [-0.2, 0) is 11.3 Å². The van der Waals surface area contributed by atoms with Gasteiger partial charge in [0, 0.05) is 46.2 Å². The van der Waals surface area contributed by atoms with Crippen LogP contribution in [0.15, 0.2) is 41.9 Å².